The normalized spacial score (nSPS) is 31.2. The molecule has 0 spiro atoms. The lowest BCUT2D eigenvalue weighted by molar-refractivity contribution is 0.00849. The highest BCUT2D eigenvalue weighted by atomic mass is 16.5. The summed E-state index contributed by atoms with van der Waals surface area (Å²) < 4.78 is 5.84. The second-order valence-corrected chi connectivity index (χ2v) is 5.12. The van der Waals surface area contributed by atoms with Crippen molar-refractivity contribution in [2.24, 2.45) is 5.92 Å². The Morgan fingerprint density at radius 1 is 1.56 bits per heavy atom. The number of hydrogen-bond acceptors (Lipinski definition) is 4. The first-order valence-electron chi connectivity index (χ1n) is 6.45. The first-order valence-corrected chi connectivity index (χ1v) is 6.45. The summed E-state index contributed by atoms with van der Waals surface area (Å²) in [6, 6.07) is 1.67. The number of aromatic nitrogens is 2. The summed E-state index contributed by atoms with van der Waals surface area (Å²) in [6.07, 6.45) is 5.68. The fraction of sp³-hybridized carbons (Fsp3) is 0.615. The van der Waals surface area contributed by atoms with Gasteiger partial charge in [-0.05, 0) is 25.8 Å². The summed E-state index contributed by atoms with van der Waals surface area (Å²) in [4.78, 5) is 22.0. The number of likely N-dealkylation sites (tertiary alicyclic amines) is 1. The average molecular weight is 247 g/mol. The second kappa shape index (κ2) is 4.65. The van der Waals surface area contributed by atoms with E-state index in [-0.39, 0.29) is 5.91 Å². The quantitative estimate of drug-likeness (QED) is 0.746. The fourth-order valence-corrected chi connectivity index (χ4v) is 2.96. The number of carbonyl (C=O) groups excluding carboxylic acids is 1. The van der Waals surface area contributed by atoms with E-state index in [2.05, 4.69) is 16.9 Å². The molecule has 96 valence electrons. The zero-order chi connectivity index (χ0) is 12.5. The predicted octanol–water partition coefficient (Wildman–Crippen LogP) is 1.12. The van der Waals surface area contributed by atoms with Crippen LogP contribution in [-0.2, 0) is 4.74 Å². The van der Waals surface area contributed by atoms with Crippen molar-refractivity contribution in [3.63, 3.8) is 0 Å². The largest absolute Gasteiger partial charge is 0.375 e. The van der Waals surface area contributed by atoms with Crippen LogP contribution in [0, 0.1) is 5.92 Å². The topological polar surface area (TPSA) is 55.3 Å². The minimum absolute atomic E-state index is 0.00963. The Morgan fingerprint density at radius 2 is 2.44 bits per heavy atom. The molecule has 3 heterocycles. The van der Waals surface area contributed by atoms with E-state index in [0.29, 0.717) is 23.8 Å². The molecule has 2 aliphatic rings. The number of hydrogen-bond donors (Lipinski definition) is 0. The van der Waals surface area contributed by atoms with Gasteiger partial charge in [-0.1, -0.05) is 0 Å². The molecular weight excluding hydrogens is 230 g/mol. The highest BCUT2D eigenvalue weighted by molar-refractivity contribution is 5.92. The van der Waals surface area contributed by atoms with Crippen molar-refractivity contribution in [3.05, 3.63) is 24.3 Å². The summed E-state index contributed by atoms with van der Waals surface area (Å²) in [6.45, 7) is 3.66. The Kier molecular flexibility index (Phi) is 2.99. The zero-order valence-electron chi connectivity index (χ0n) is 10.5. The van der Waals surface area contributed by atoms with Crippen LogP contribution in [0.3, 0.4) is 0 Å². The number of amides is 1. The van der Waals surface area contributed by atoms with Crippen molar-refractivity contribution >= 4 is 5.91 Å². The molecule has 2 aliphatic heterocycles. The highest BCUT2D eigenvalue weighted by Crippen LogP contribution is 2.32. The molecule has 0 radical (unpaired) electrons. The van der Waals surface area contributed by atoms with Gasteiger partial charge in [0.1, 0.15) is 12.0 Å². The molecule has 18 heavy (non-hydrogen) atoms. The van der Waals surface area contributed by atoms with Crippen LogP contribution < -0.4 is 0 Å². The van der Waals surface area contributed by atoms with Gasteiger partial charge in [0.25, 0.3) is 5.91 Å². The smallest absolute Gasteiger partial charge is 0.272 e. The first kappa shape index (κ1) is 11.6. The van der Waals surface area contributed by atoms with Crippen molar-refractivity contribution in [3.8, 4) is 0 Å². The zero-order valence-corrected chi connectivity index (χ0v) is 10.5. The van der Waals surface area contributed by atoms with Gasteiger partial charge in [-0.2, -0.15) is 0 Å². The molecule has 1 amide bonds. The molecule has 1 aromatic rings. The molecule has 0 bridgehead atoms. The third-order valence-corrected chi connectivity index (χ3v) is 3.79. The van der Waals surface area contributed by atoms with E-state index < -0.39 is 0 Å². The average Bonchev–Trinajstić information content (AvgIpc) is 2.78. The minimum Gasteiger partial charge on any atom is -0.375 e. The van der Waals surface area contributed by atoms with Crippen LogP contribution in [0.2, 0.25) is 0 Å². The Labute approximate surface area is 106 Å². The molecule has 0 N–H and O–H groups in total. The Balaban J connectivity index is 1.70. The standard InChI is InChI=1S/C13H17N3O2/c1-9-6-10-7-16(5-3-12(10)18-9)13(17)11-2-4-14-8-15-11/h2,4,8-10,12H,3,5-7H2,1H3/t9-,10-,12+/m0/s1. The van der Waals surface area contributed by atoms with Gasteiger partial charge in [0.2, 0.25) is 0 Å². The van der Waals surface area contributed by atoms with E-state index >= 15 is 0 Å². The Hall–Kier alpha value is -1.49. The van der Waals surface area contributed by atoms with E-state index in [1.807, 2.05) is 4.90 Å². The molecule has 0 aromatic carbocycles. The van der Waals surface area contributed by atoms with Crippen molar-refractivity contribution < 1.29 is 9.53 Å². The van der Waals surface area contributed by atoms with E-state index in [1.54, 1.807) is 12.3 Å². The monoisotopic (exact) mass is 247 g/mol. The third-order valence-electron chi connectivity index (χ3n) is 3.79. The van der Waals surface area contributed by atoms with Crippen molar-refractivity contribution in [1.29, 1.82) is 0 Å². The number of carbonyl (C=O) groups is 1. The lowest BCUT2D eigenvalue weighted by Gasteiger charge is -2.33. The molecule has 5 heteroatoms. The third kappa shape index (κ3) is 2.10. The molecule has 0 unspecified atom stereocenters. The van der Waals surface area contributed by atoms with Gasteiger partial charge in [0.15, 0.2) is 0 Å². The summed E-state index contributed by atoms with van der Waals surface area (Å²) in [5.41, 5.74) is 0.482. The maximum absolute atomic E-state index is 12.3. The van der Waals surface area contributed by atoms with Crippen LogP contribution in [0.1, 0.15) is 30.3 Å². The number of piperidine rings is 1. The molecule has 1 aromatic heterocycles. The molecule has 2 fully saturated rings. The number of fused-ring (bicyclic) bond motifs is 1. The van der Waals surface area contributed by atoms with E-state index in [0.717, 1.165) is 25.9 Å². The van der Waals surface area contributed by atoms with Gasteiger partial charge in [-0.15, -0.1) is 0 Å². The number of ether oxygens (including phenoxy) is 1. The van der Waals surface area contributed by atoms with E-state index in [4.69, 9.17) is 4.74 Å². The van der Waals surface area contributed by atoms with Gasteiger partial charge >= 0.3 is 0 Å². The summed E-state index contributed by atoms with van der Waals surface area (Å²) >= 11 is 0. The molecule has 5 nitrogen and oxygen atoms in total. The first-order chi connectivity index (χ1) is 8.74. The molecule has 3 atom stereocenters. The van der Waals surface area contributed by atoms with Gasteiger partial charge in [0, 0.05) is 25.2 Å². The minimum atomic E-state index is 0.00963. The van der Waals surface area contributed by atoms with Crippen LogP contribution in [0.25, 0.3) is 0 Å². The van der Waals surface area contributed by atoms with E-state index in [1.165, 1.54) is 6.33 Å². The van der Waals surface area contributed by atoms with Gasteiger partial charge < -0.3 is 9.64 Å². The van der Waals surface area contributed by atoms with Crippen LogP contribution in [0.5, 0.6) is 0 Å². The van der Waals surface area contributed by atoms with Crippen molar-refractivity contribution in [2.75, 3.05) is 13.1 Å². The maximum atomic E-state index is 12.3. The van der Waals surface area contributed by atoms with Crippen LogP contribution in [0.15, 0.2) is 18.6 Å². The summed E-state index contributed by atoms with van der Waals surface area (Å²) in [5.74, 6) is 0.495. The Morgan fingerprint density at radius 3 is 3.22 bits per heavy atom. The second-order valence-electron chi connectivity index (χ2n) is 5.12. The lowest BCUT2D eigenvalue weighted by atomic mass is 9.93. The van der Waals surface area contributed by atoms with Crippen LogP contribution in [-0.4, -0.2) is 46.1 Å². The van der Waals surface area contributed by atoms with E-state index in [9.17, 15) is 4.79 Å². The number of rotatable bonds is 1. The Bertz CT molecular complexity index is 437. The maximum Gasteiger partial charge on any atom is 0.272 e. The molecular formula is C13H17N3O2. The lowest BCUT2D eigenvalue weighted by Crippen LogP contribution is -2.44. The van der Waals surface area contributed by atoms with Crippen molar-refractivity contribution in [1.82, 2.24) is 14.9 Å². The fourth-order valence-electron chi connectivity index (χ4n) is 2.96. The van der Waals surface area contributed by atoms with Crippen LogP contribution >= 0.6 is 0 Å². The molecule has 0 aliphatic carbocycles. The van der Waals surface area contributed by atoms with Gasteiger partial charge in [0.05, 0.1) is 12.2 Å². The predicted molar refractivity (Wildman–Crippen MR) is 65.0 cm³/mol. The van der Waals surface area contributed by atoms with Crippen LogP contribution in [0.4, 0.5) is 0 Å². The molecule has 0 saturated carbocycles. The summed E-state index contributed by atoms with van der Waals surface area (Å²) in [5, 5.41) is 0. The van der Waals surface area contributed by atoms with Gasteiger partial charge in [-0.3, -0.25) is 4.79 Å². The van der Waals surface area contributed by atoms with Crippen molar-refractivity contribution in [2.45, 2.75) is 32.0 Å². The SMILES string of the molecule is C[C@H]1C[C@H]2CN(C(=O)c3ccncn3)CC[C@H]2O1. The summed E-state index contributed by atoms with van der Waals surface area (Å²) in [7, 11) is 0. The number of nitrogens with zero attached hydrogens (tertiary/aromatic N) is 3. The van der Waals surface area contributed by atoms with Gasteiger partial charge in [-0.25, -0.2) is 9.97 Å². The molecule has 2 saturated heterocycles. The highest BCUT2D eigenvalue weighted by Gasteiger charge is 2.38. The molecule has 3 rings (SSSR count).